The van der Waals surface area contributed by atoms with Gasteiger partial charge in [-0.1, -0.05) is 36.4 Å². The van der Waals surface area contributed by atoms with E-state index in [0.29, 0.717) is 12.6 Å². The number of nitrogens with zero attached hydrogens (tertiary/aromatic N) is 4. The van der Waals surface area contributed by atoms with E-state index in [0.717, 1.165) is 57.7 Å². The van der Waals surface area contributed by atoms with Gasteiger partial charge in [-0.3, -0.25) is 9.89 Å². The SMILES string of the molecule is CN=C(NCc1cccnc1N1CCOCC1)NCC1CCCN1Cc1ccccc1. The first-order chi connectivity index (χ1) is 15.3. The molecule has 2 fully saturated rings. The van der Waals surface area contributed by atoms with E-state index in [-0.39, 0.29) is 0 Å². The van der Waals surface area contributed by atoms with Gasteiger partial charge in [-0.15, -0.1) is 0 Å². The summed E-state index contributed by atoms with van der Waals surface area (Å²) in [7, 11) is 1.83. The summed E-state index contributed by atoms with van der Waals surface area (Å²) in [6.07, 6.45) is 4.34. The summed E-state index contributed by atoms with van der Waals surface area (Å²) in [5, 5.41) is 7.02. The van der Waals surface area contributed by atoms with Gasteiger partial charge in [-0.2, -0.15) is 0 Å². The van der Waals surface area contributed by atoms with Crippen molar-refractivity contribution in [1.82, 2.24) is 20.5 Å². The molecular weight excluding hydrogens is 388 g/mol. The van der Waals surface area contributed by atoms with Crippen LogP contribution in [0.2, 0.25) is 0 Å². The number of ether oxygens (including phenoxy) is 1. The van der Waals surface area contributed by atoms with E-state index in [1.807, 2.05) is 19.3 Å². The molecule has 0 spiro atoms. The average molecular weight is 423 g/mol. The molecule has 0 radical (unpaired) electrons. The fraction of sp³-hybridized carbons (Fsp3) is 0.500. The fourth-order valence-electron chi connectivity index (χ4n) is 4.39. The Morgan fingerprint density at radius 2 is 1.94 bits per heavy atom. The molecule has 1 aromatic heterocycles. The maximum atomic E-state index is 5.49. The number of hydrogen-bond acceptors (Lipinski definition) is 5. The quantitative estimate of drug-likeness (QED) is 0.527. The molecule has 7 nitrogen and oxygen atoms in total. The van der Waals surface area contributed by atoms with E-state index in [1.54, 1.807) is 0 Å². The molecule has 166 valence electrons. The molecule has 0 aliphatic carbocycles. The average Bonchev–Trinajstić information content (AvgIpc) is 3.27. The molecule has 31 heavy (non-hydrogen) atoms. The molecule has 2 aromatic rings. The molecule has 0 amide bonds. The van der Waals surface area contributed by atoms with Gasteiger partial charge < -0.3 is 20.3 Å². The number of pyridine rings is 1. The van der Waals surface area contributed by atoms with Crippen LogP contribution >= 0.6 is 0 Å². The Morgan fingerprint density at radius 3 is 2.74 bits per heavy atom. The largest absolute Gasteiger partial charge is 0.378 e. The molecule has 2 aliphatic heterocycles. The van der Waals surface area contributed by atoms with Crippen molar-refractivity contribution in [2.24, 2.45) is 4.99 Å². The van der Waals surface area contributed by atoms with Crippen LogP contribution in [-0.4, -0.2) is 68.3 Å². The van der Waals surface area contributed by atoms with Crippen LogP contribution in [-0.2, 0) is 17.8 Å². The molecule has 7 heteroatoms. The molecule has 3 heterocycles. The standard InChI is InChI=1S/C24H34N6O/c1-25-24(27-17-21-9-5-11-26-23(21)29-13-15-31-16-14-29)28-18-22-10-6-12-30(22)19-20-7-3-2-4-8-20/h2-5,7-9,11,22H,6,10,12-19H2,1H3,(H2,25,27,28). The number of aliphatic imine (C=N–C) groups is 1. The summed E-state index contributed by atoms with van der Waals surface area (Å²) in [6.45, 7) is 7.05. The number of nitrogens with one attached hydrogen (secondary N) is 2. The summed E-state index contributed by atoms with van der Waals surface area (Å²) in [5.74, 6) is 1.88. The number of likely N-dealkylation sites (tertiary alicyclic amines) is 1. The number of morpholine rings is 1. The predicted octanol–water partition coefficient (Wildman–Crippen LogP) is 2.25. The molecule has 2 aliphatic rings. The third kappa shape index (κ3) is 5.95. The Morgan fingerprint density at radius 1 is 1.10 bits per heavy atom. The molecule has 1 unspecified atom stereocenters. The lowest BCUT2D eigenvalue weighted by Gasteiger charge is -2.29. The molecule has 1 atom stereocenters. The Balaban J connectivity index is 1.29. The minimum Gasteiger partial charge on any atom is -0.378 e. The minimum absolute atomic E-state index is 0.529. The van der Waals surface area contributed by atoms with Crippen molar-refractivity contribution in [3.05, 3.63) is 59.8 Å². The molecular formula is C24H34N6O. The lowest BCUT2D eigenvalue weighted by atomic mass is 10.2. The van der Waals surface area contributed by atoms with Crippen LogP contribution in [0.1, 0.15) is 24.0 Å². The summed E-state index contributed by atoms with van der Waals surface area (Å²) in [5.41, 5.74) is 2.56. The number of aromatic nitrogens is 1. The highest BCUT2D eigenvalue weighted by atomic mass is 16.5. The van der Waals surface area contributed by atoms with Crippen molar-refractivity contribution >= 4 is 11.8 Å². The summed E-state index contributed by atoms with van der Waals surface area (Å²) in [6, 6.07) is 15.4. The number of guanidine groups is 1. The molecule has 4 rings (SSSR count). The van der Waals surface area contributed by atoms with Crippen LogP contribution in [0.4, 0.5) is 5.82 Å². The molecule has 2 N–H and O–H groups in total. The second-order valence-corrected chi connectivity index (χ2v) is 8.14. The third-order valence-corrected chi connectivity index (χ3v) is 6.08. The monoisotopic (exact) mass is 422 g/mol. The number of benzene rings is 1. The molecule has 2 saturated heterocycles. The minimum atomic E-state index is 0.529. The van der Waals surface area contributed by atoms with Gasteiger partial charge in [-0.05, 0) is 31.0 Å². The van der Waals surface area contributed by atoms with Crippen molar-refractivity contribution in [1.29, 1.82) is 0 Å². The van der Waals surface area contributed by atoms with Gasteiger partial charge in [-0.25, -0.2) is 4.98 Å². The number of hydrogen-bond donors (Lipinski definition) is 2. The summed E-state index contributed by atoms with van der Waals surface area (Å²) in [4.78, 5) is 13.9. The van der Waals surface area contributed by atoms with Gasteiger partial charge in [0.1, 0.15) is 5.82 Å². The first-order valence-corrected chi connectivity index (χ1v) is 11.3. The molecule has 0 saturated carbocycles. The van der Waals surface area contributed by atoms with Crippen molar-refractivity contribution in [3.63, 3.8) is 0 Å². The predicted molar refractivity (Wildman–Crippen MR) is 125 cm³/mol. The van der Waals surface area contributed by atoms with Gasteiger partial charge >= 0.3 is 0 Å². The first kappa shape index (κ1) is 21.6. The van der Waals surface area contributed by atoms with E-state index in [9.17, 15) is 0 Å². The van der Waals surface area contributed by atoms with Crippen LogP contribution in [0.3, 0.4) is 0 Å². The molecule has 0 bridgehead atoms. The zero-order valence-corrected chi connectivity index (χ0v) is 18.5. The van der Waals surface area contributed by atoms with E-state index in [2.05, 4.69) is 66.8 Å². The Kier molecular flexibility index (Phi) is 7.74. The van der Waals surface area contributed by atoms with Gasteiger partial charge in [0.25, 0.3) is 0 Å². The van der Waals surface area contributed by atoms with Gasteiger partial charge in [0.15, 0.2) is 5.96 Å². The topological polar surface area (TPSA) is 65.0 Å². The number of rotatable bonds is 7. The Hall–Kier alpha value is -2.64. The normalized spacial score (nSPS) is 20.1. The van der Waals surface area contributed by atoms with E-state index in [1.165, 1.54) is 24.0 Å². The van der Waals surface area contributed by atoms with E-state index >= 15 is 0 Å². The van der Waals surface area contributed by atoms with Gasteiger partial charge in [0.05, 0.1) is 13.2 Å². The van der Waals surface area contributed by atoms with Crippen molar-refractivity contribution < 1.29 is 4.74 Å². The lowest BCUT2D eigenvalue weighted by molar-refractivity contribution is 0.122. The maximum Gasteiger partial charge on any atom is 0.191 e. The Labute approximate surface area is 185 Å². The zero-order valence-electron chi connectivity index (χ0n) is 18.5. The summed E-state index contributed by atoms with van der Waals surface area (Å²) < 4.78 is 5.49. The smallest absolute Gasteiger partial charge is 0.191 e. The second kappa shape index (κ2) is 11.1. The lowest BCUT2D eigenvalue weighted by Crippen LogP contribution is -2.44. The van der Waals surface area contributed by atoms with Crippen LogP contribution in [0.5, 0.6) is 0 Å². The Bertz CT molecular complexity index is 837. The van der Waals surface area contributed by atoms with Gasteiger partial charge in [0.2, 0.25) is 0 Å². The van der Waals surface area contributed by atoms with Crippen LogP contribution in [0.15, 0.2) is 53.7 Å². The highest BCUT2D eigenvalue weighted by molar-refractivity contribution is 5.79. The maximum absolute atomic E-state index is 5.49. The van der Waals surface area contributed by atoms with Crippen molar-refractivity contribution in [2.45, 2.75) is 32.0 Å². The van der Waals surface area contributed by atoms with E-state index < -0.39 is 0 Å². The number of anilines is 1. The highest BCUT2D eigenvalue weighted by Gasteiger charge is 2.24. The summed E-state index contributed by atoms with van der Waals surface area (Å²) >= 11 is 0. The second-order valence-electron chi connectivity index (χ2n) is 8.14. The van der Waals surface area contributed by atoms with Crippen LogP contribution < -0.4 is 15.5 Å². The van der Waals surface area contributed by atoms with Crippen molar-refractivity contribution in [2.75, 3.05) is 51.3 Å². The van der Waals surface area contributed by atoms with Gasteiger partial charge in [0, 0.05) is 57.6 Å². The van der Waals surface area contributed by atoms with Crippen LogP contribution in [0.25, 0.3) is 0 Å². The van der Waals surface area contributed by atoms with Crippen molar-refractivity contribution in [3.8, 4) is 0 Å². The zero-order chi connectivity index (χ0) is 21.3. The van der Waals surface area contributed by atoms with E-state index in [4.69, 9.17) is 4.74 Å². The fourth-order valence-corrected chi connectivity index (χ4v) is 4.39. The third-order valence-electron chi connectivity index (χ3n) is 6.08. The van der Waals surface area contributed by atoms with Crippen LogP contribution in [0, 0.1) is 0 Å². The molecule has 1 aromatic carbocycles. The first-order valence-electron chi connectivity index (χ1n) is 11.3. The highest BCUT2D eigenvalue weighted by Crippen LogP contribution is 2.20.